The molecule has 0 aliphatic heterocycles. The Kier molecular flexibility index (Phi) is 4.94. The summed E-state index contributed by atoms with van der Waals surface area (Å²) in [7, 11) is 0. The molecule has 0 saturated carbocycles. The highest BCUT2D eigenvalue weighted by Gasteiger charge is 2.25. The van der Waals surface area contributed by atoms with E-state index in [-0.39, 0.29) is 0 Å². The number of aromatic nitrogens is 4. The molecule has 0 unspecified atom stereocenters. The zero-order valence-corrected chi connectivity index (χ0v) is 26.8. The van der Waals surface area contributed by atoms with Crippen molar-refractivity contribution in [3.8, 4) is 17.1 Å². The molecule has 50 heavy (non-hydrogen) atoms. The Hall–Kier alpha value is -6.78. The number of fused-ring (bicyclic) bond motifs is 14. The van der Waals surface area contributed by atoms with Crippen molar-refractivity contribution < 1.29 is 0 Å². The molecule has 0 amide bonds. The van der Waals surface area contributed by atoms with E-state index in [9.17, 15) is 0 Å². The van der Waals surface area contributed by atoms with Gasteiger partial charge in [-0.05, 0) is 52.6 Å². The van der Waals surface area contributed by atoms with Crippen LogP contribution >= 0.6 is 0 Å². The van der Waals surface area contributed by atoms with Crippen molar-refractivity contribution in [3.63, 3.8) is 0 Å². The van der Waals surface area contributed by atoms with Gasteiger partial charge >= 0.3 is 0 Å². The normalized spacial score (nSPS) is 12.4. The van der Waals surface area contributed by atoms with Crippen LogP contribution < -0.4 is 0 Å². The molecule has 4 aromatic heterocycles. The van der Waals surface area contributed by atoms with Crippen molar-refractivity contribution in [2.75, 3.05) is 0 Å². The highest BCUT2D eigenvalue weighted by Crippen LogP contribution is 2.46. The van der Waals surface area contributed by atoms with Gasteiger partial charge in [0.1, 0.15) is 5.69 Å². The van der Waals surface area contributed by atoms with Gasteiger partial charge in [-0.1, -0.05) is 121 Å². The second-order valence-electron chi connectivity index (χ2n) is 13.4. The molecule has 0 aliphatic rings. The summed E-state index contributed by atoms with van der Waals surface area (Å²) < 4.78 is 4.86. The van der Waals surface area contributed by atoms with E-state index in [0.29, 0.717) is 0 Å². The maximum Gasteiger partial charge on any atom is 0.165 e. The van der Waals surface area contributed by atoms with Crippen LogP contribution in [0, 0.1) is 0 Å². The molecule has 0 spiro atoms. The Morgan fingerprint density at radius 2 is 1.02 bits per heavy atom. The monoisotopic (exact) mass is 634 g/mol. The van der Waals surface area contributed by atoms with E-state index in [2.05, 4.69) is 155 Å². The van der Waals surface area contributed by atoms with Crippen molar-refractivity contribution in [1.29, 1.82) is 0 Å². The summed E-state index contributed by atoms with van der Waals surface area (Å²) >= 11 is 0. The number of para-hydroxylation sites is 4. The molecule has 4 heteroatoms. The van der Waals surface area contributed by atoms with Crippen LogP contribution in [0.25, 0.3) is 110 Å². The molecule has 0 fully saturated rings. The molecule has 4 heterocycles. The molecule has 0 atom stereocenters. The number of nitrogens with zero attached hydrogens (tertiary/aromatic N) is 4. The highest BCUT2D eigenvalue weighted by atomic mass is 15.1. The lowest BCUT2D eigenvalue weighted by molar-refractivity contribution is 1.08. The van der Waals surface area contributed by atoms with Gasteiger partial charge in [-0.2, -0.15) is 0 Å². The Labute approximate surface area is 285 Å². The predicted molar refractivity (Wildman–Crippen MR) is 209 cm³/mol. The first-order valence-electron chi connectivity index (χ1n) is 17.1. The third-order valence-electron chi connectivity index (χ3n) is 10.8. The molecule has 4 nitrogen and oxygen atoms in total. The van der Waals surface area contributed by atoms with Gasteiger partial charge in [0.25, 0.3) is 0 Å². The Balaban J connectivity index is 1.31. The quantitative estimate of drug-likeness (QED) is 0.190. The van der Waals surface area contributed by atoms with Crippen molar-refractivity contribution in [3.05, 3.63) is 158 Å². The molecule has 0 aliphatic carbocycles. The van der Waals surface area contributed by atoms with Crippen LogP contribution in [0.3, 0.4) is 0 Å². The van der Waals surface area contributed by atoms with E-state index < -0.39 is 0 Å². The lowest BCUT2D eigenvalue weighted by Gasteiger charge is -2.15. The summed E-state index contributed by atoms with van der Waals surface area (Å²) in [6, 6.07) is 56.8. The molecule has 0 bridgehead atoms. The van der Waals surface area contributed by atoms with Gasteiger partial charge in [0.05, 0.1) is 38.6 Å². The first-order valence-corrected chi connectivity index (χ1v) is 17.1. The van der Waals surface area contributed by atoms with Gasteiger partial charge in [0.2, 0.25) is 0 Å². The Morgan fingerprint density at radius 1 is 0.380 bits per heavy atom. The lowest BCUT2D eigenvalue weighted by Crippen LogP contribution is -2.04. The molecule has 0 N–H and O–H groups in total. The molecule has 230 valence electrons. The average Bonchev–Trinajstić information content (AvgIpc) is 3.82. The minimum Gasteiger partial charge on any atom is -0.308 e. The SMILES string of the molecule is c1ccc2cc(-c3nc4ccccc4nc3-n3c4ccc5c(c6cccc7c8ccccc8n5c76)c4c4ccc5ccccc5c43)ccc2c1. The summed E-state index contributed by atoms with van der Waals surface area (Å²) in [5.41, 5.74) is 9.65. The van der Waals surface area contributed by atoms with E-state index in [4.69, 9.17) is 9.97 Å². The van der Waals surface area contributed by atoms with E-state index in [1.54, 1.807) is 0 Å². The van der Waals surface area contributed by atoms with Crippen molar-refractivity contribution in [2.45, 2.75) is 0 Å². The van der Waals surface area contributed by atoms with Crippen molar-refractivity contribution >= 4 is 92.5 Å². The van der Waals surface area contributed by atoms with Crippen LogP contribution in [0.1, 0.15) is 0 Å². The zero-order valence-electron chi connectivity index (χ0n) is 26.8. The third-order valence-corrected chi connectivity index (χ3v) is 10.8. The summed E-state index contributed by atoms with van der Waals surface area (Å²) in [5, 5.41) is 12.3. The standard InChI is InChI=1S/C46H26N4/c1-2-12-29-26-30(21-20-27(29)10-1)43-46(48-37-18-7-6-17-36(37)47-43)50-40-25-24-39-41(42(40)35-23-22-28-11-3-4-13-31(28)44(35)50)34-16-9-15-33-32-14-5-8-19-38(32)49(39)45(33)34/h1-26H. The fraction of sp³-hybridized carbons (Fsp3) is 0. The second-order valence-corrected chi connectivity index (χ2v) is 13.4. The maximum absolute atomic E-state index is 5.48. The van der Waals surface area contributed by atoms with E-state index in [1.807, 2.05) is 12.1 Å². The molecule has 8 aromatic carbocycles. The average molecular weight is 635 g/mol. The molecule has 12 rings (SSSR count). The summed E-state index contributed by atoms with van der Waals surface area (Å²) in [6.45, 7) is 0. The van der Waals surface area contributed by atoms with Crippen LogP contribution in [0.15, 0.2) is 158 Å². The second kappa shape index (κ2) is 9.43. The zero-order chi connectivity index (χ0) is 32.5. The van der Waals surface area contributed by atoms with Gasteiger partial charge in [0, 0.05) is 43.3 Å². The number of rotatable bonds is 2. The first-order chi connectivity index (χ1) is 24.8. The van der Waals surface area contributed by atoms with Gasteiger partial charge in [0.15, 0.2) is 5.82 Å². The number of hydrogen-bond donors (Lipinski definition) is 0. The van der Waals surface area contributed by atoms with Crippen molar-refractivity contribution in [2.24, 2.45) is 0 Å². The number of benzene rings is 8. The van der Waals surface area contributed by atoms with E-state index in [0.717, 1.165) is 39.1 Å². The molecule has 0 saturated heterocycles. The van der Waals surface area contributed by atoms with Gasteiger partial charge < -0.3 is 4.40 Å². The first kappa shape index (κ1) is 26.2. The van der Waals surface area contributed by atoms with Crippen LogP contribution in [-0.2, 0) is 0 Å². The topological polar surface area (TPSA) is 35.1 Å². The maximum atomic E-state index is 5.48. The van der Waals surface area contributed by atoms with E-state index in [1.165, 1.54) is 70.4 Å². The highest BCUT2D eigenvalue weighted by molar-refractivity contribution is 6.34. The van der Waals surface area contributed by atoms with Crippen LogP contribution in [0.2, 0.25) is 0 Å². The summed E-state index contributed by atoms with van der Waals surface area (Å²) in [5.74, 6) is 0.830. The Bertz CT molecular complexity index is 3380. The molecular formula is C46H26N4. The van der Waals surface area contributed by atoms with Crippen LogP contribution in [0.4, 0.5) is 0 Å². The van der Waals surface area contributed by atoms with Crippen LogP contribution in [-0.4, -0.2) is 18.9 Å². The molecule has 12 aromatic rings. The summed E-state index contributed by atoms with van der Waals surface area (Å²) in [4.78, 5) is 10.9. The summed E-state index contributed by atoms with van der Waals surface area (Å²) in [6.07, 6.45) is 0. The molecule has 0 radical (unpaired) electrons. The predicted octanol–water partition coefficient (Wildman–Crippen LogP) is 11.9. The third kappa shape index (κ3) is 3.30. The number of hydrogen-bond acceptors (Lipinski definition) is 2. The molecular weight excluding hydrogens is 609 g/mol. The van der Waals surface area contributed by atoms with Gasteiger partial charge in [-0.25, -0.2) is 9.97 Å². The minimum absolute atomic E-state index is 0.830. The largest absolute Gasteiger partial charge is 0.308 e. The lowest BCUT2D eigenvalue weighted by atomic mass is 10.0. The Morgan fingerprint density at radius 3 is 1.92 bits per heavy atom. The van der Waals surface area contributed by atoms with Gasteiger partial charge in [-0.3, -0.25) is 4.57 Å². The smallest absolute Gasteiger partial charge is 0.165 e. The van der Waals surface area contributed by atoms with E-state index >= 15 is 0 Å². The van der Waals surface area contributed by atoms with Crippen LogP contribution in [0.5, 0.6) is 0 Å². The van der Waals surface area contributed by atoms with Gasteiger partial charge in [-0.15, -0.1) is 0 Å². The fourth-order valence-corrected chi connectivity index (χ4v) is 8.68. The minimum atomic E-state index is 0.830. The fourth-order valence-electron chi connectivity index (χ4n) is 8.68. The van der Waals surface area contributed by atoms with Crippen molar-refractivity contribution in [1.82, 2.24) is 18.9 Å².